The van der Waals surface area contributed by atoms with Crippen LogP contribution in [-0.4, -0.2) is 38.8 Å². The van der Waals surface area contributed by atoms with Gasteiger partial charge in [0, 0.05) is 12.2 Å². The predicted molar refractivity (Wildman–Crippen MR) is 131 cm³/mol. The molecule has 7 heteroatoms. The van der Waals surface area contributed by atoms with Gasteiger partial charge in [-0.3, -0.25) is 4.79 Å². The van der Waals surface area contributed by atoms with Gasteiger partial charge in [0.1, 0.15) is 5.75 Å². The number of hydrogen-bond donors (Lipinski definition) is 1. The predicted octanol–water partition coefficient (Wildman–Crippen LogP) is 4.69. The number of ether oxygens (including phenoxy) is 1. The Labute approximate surface area is 196 Å². The van der Waals surface area contributed by atoms with E-state index < -0.39 is 15.9 Å². The van der Waals surface area contributed by atoms with Gasteiger partial charge in [0.25, 0.3) is 0 Å². The number of rotatable bonds is 10. The van der Waals surface area contributed by atoms with E-state index in [1.54, 1.807) is 12.1 Å². The van der Waals surface area contributed by atoms with Crippen LogP contribution in [0.5, 0.6) is 5.75 Å². The Kier molecular flexibility index (Phi) is 8.25. The first-order chi connectivity index (χ1) is 15.8. The minimum Gasteiger partial charge on any atom is -0.497 e. The molecule has 0 saturated heterocycles. The zero-order chi connectivity index (χ0) is 23.8. The summed E-state index contributed by atoms with van der Waals surface area (Å²) in [4.78, 5) is 12.9. The molecular formula is C26H30N2O4S. The van der Waals surface area contributed by atoms with Crippen LogP contribution in [0.15, 0.2) is 83.8 Å². The number of carbonyl (C=O) groups is 1. The fraction of sp³-hybridized carbons (Fsp3) is 0.269. The molecule has 0 unspecified atom stereocenters. The summed E-state index contributed by atoms with van der Waals surface area (Å²) in [6.07, 6.45) is 0.493. The van der Waals surface area contributed by atoms with Crippen molar-refractivity contribution in [3.05, 3.63) is 90.0 Å². The average molecular weight is 467 g/mol. The van der Waals surface area contributed by atoms with E-state index in [1.165, 1.54) is 29.1 Å². The Morgan fingerprint density at radius 2 is 1.58 bits per heavy atom. The summed E-state index contributed by atoms with van der Waals surface area (Å²) in [5.41, 5.74) is 2.80. The Balaban J connectivity index is 1.78. The van der Waals surface area contributed by atoms with Gasteiger partial charge in [-0.2, -0.15) is 4.31 Å². The van der Waals surface area contributed by atoms with Crippen molar-refractivity contribution in [3.8, 4) is 5.75 Å². The summed E-state index contributed by atoms with van der Waals surface area (Å²) in [6.45, 7) is 4.09. The summed E-state index contributed by atoms with van der Waals surface area (Å²) < 4.78 is 33.1. The third kappa shape index (κ3) is 6.66. The Morgan fingerprint density at radius 3 is 2.15 bits per heavy atom. The third-order valence-corrected chi connectivity index (χ3v) is 7.23. The molecule has 0 aliphatic rings. The number of hydrogen-bond acceptors (Lipinski definition) is 4. The van der Waals surface area contributed by atoms with Crippen molar-refractivity contribution < 1.29 is 17.9 Å². The minimum absolute atomic E-state index is 0.116. The van der Waals surface area contributed by atoms with Crippen molar-refractivity contribution in [2.24, 2.45) is 0 Å². The standard InChI is InChI=1S/C26H30N2O4S/c1-20(2)22-9-11-23(12-10-22)27-26(29)19-28(18-17-21-7-5-4-6-8-21)33(30,31)25-15-13-24(32-3)14-16-25/h4-16,20H,17-19H2,1-3H3,(H,27,29). The second-order valence-electron chi connectivity index (χ2n) is 8.07. The second-order valence-corrected chi connectivity index (χ2v) is 10.0. The summed E-state index contributed by atoms with van der Waals surface area (Å²) >= 11 is 0. The Hall–Kier alpha value is -3.16. The van der Waals surface area contributed by atoms with Crippen LogP contribution in [0.4, 0.5) is 5.69 Å². The number of nitrogens with one attached hydrogen (secondary N) is 1. The molecule has 174 valence electrons. The van der Waals surface area contributed by atoms with Crippen LogP contribution >= 0.6 is 0 Å². The normalized spacial score (nSPS) is 11.5. The molecule has 0 aliphatic heterocycles. The highest BCUT2D eigenvalue weighted by molar-refractivity contribution is 7.89. The van der Waals surface area contributed by atoms with E-state index in [1.807, 2.05) is 54.6 Å². The first-order valence-electron chi connectivity index (χ1n) is 10.9. The summed E-state index contributed by atoms with van der Waals surface area (Å²) in [5.74, 6) is 0.558. The van der Waals surface area contributed by atoms with Gasteiger partial charge < -0.3 is 10.1 Å². The first kappa shape index (κ1) is 24.5. The van der Waals surface area contributed by atoms with Gasteiger partial charge in [0.2, 0.25) is 15.9 Å². The zero-order valence-electron chi connectivity index (χ0n) is 19.2. The van der Waals surface area contributed by atoms with Crippen LogP contribution in [0.3, 0.4) is 0 Å². The van der Waals surface area contributed by atoms with E-state index in [0.717, 1.165) is 5.56 Å². The molecule has 1 N–H and O–H groups in total. The van der Waals surface area contributed by atoms with Crippen LogP contribution in [0.25, 0.3) is 0 Å². The van der Waals surface area contributed by atoms with Crippen molar-refractivity contribution in [1.29, 1.82) is 0 Å². The molecule has 3 aromatic carbocycles. The summed E-state index contributed by atoms with van der Waals surface area (Å²) in [6, 6.07) is 23.4. The maximum atomic E-state index is 13.4. The van der Waals surface area contributed by atoms with E-state index >= 15 is 0 Å². The molecule has 0 saturated carbocycles. The number of benzene rings is 3. The number of anilines is 1. The fourth-order valence-corrected chi connectivity index (χ4v) is 4.79. The Bertz CT molecular complexity index is 1140. The smallest absolute Gasteiger partial charge is 0.243 e. The molecule has 0 bridgehead atoms. The van der Waals surface area contributed by atoms with Crippen molar-refractivity contribution in [2.75, 3.05) is 25.5 Å². The molecule has 0 atom stereocenters. The van der Waals surface area contributed by atoms with Crippen molar-refractivity contribution in [1.82, 2.24) is 4.31 Å². The maximum absolute atomic E-state index is 13.4. The molecule has 3 rings (SSSR count). The monoisotopic (exact) mass is 466 g/mol. The molecule has 0 heterocycles. The topological polar surface area (TPSA) is 75.7 Å². The lowest BCUT2D eigenvalue weighted by atomic mass is 10.0. The first-order valence-corrected chi connectivity index (χ1v) is 12.3. The van der Waals surface area contributed by atoms with Gasteiger partial charge in [-0.15, -0.1) is 0 Å². The van der Waals surface area contributed by atoms with E-state index in [2.05, 4.69) is 19.2 Å². The molecule has 0 aliphatic carbocycles. The molecule has 0 fully saturated rings. The van der Waals surface area contributed by atoms with E-state index in [-0.39, 0.29) is 18.0 Å². The molecule has 33 heavy (non-hydrogen) atoms. The molecule has 0 radical (unpaired) electrons. The summed E-state index contributed by atoms with van der Waals surface area (Å²) in [5, 5.41) is 2.81. The van der Waals surface area contributed by atoms with E-state index in [9.17, 15) is 13.2 Å². The van der Waals surface area contributed by atoms with Gasteiger partial charge in [0.15, 0.2) is 0 Å². The van der Waals surface area contributed by atoms with Crippen LogP contribution < -0.4 is 10.1 Å². The molecule has 0 spiro atoms. The highest BCUT2D eigenvalue weighted by Gasteiger charge is 2.26. The Morgan fingerprint density at radius 1 is 0.939 bits per heavy atom. The van der Waals surface area contributed by atoms with Gasteiger partial charge in [-0.25, -0.2) is 8.42 Å². The molecule has 0 aromatic heterocycles. The van der Waals surface area contributed by atoms with E-state index in [4.69, 9.17) is 4.74 Å². The fourth-order valence-electron chi connectivity index (χ4n) is 3.39. The van der Waals surface area contributed by atoms with Crippen LogP contribution in [-0.2, 0) is 21.2 Å². The van der Waals surface area contributed by atoms with Crippen molar-refractivity contribution in [3.63, 3.8) is 0 Å². The largest absolute Gasteiger partial charge is 0.497 e. The number of sulfonamides is 1. The van der Waals surface area contributed by atoms with Gasteiger partial charge in [-0.05, 0) is 59.9 Å². The zero-order valence-corrected chi connectivity index (χ0v) is 20.0. The van der Waals surface area contributed by atoms with E-state index in [0.29, 0.717) is 23.8 Å². The number of amides is 1. The van der Waals surface area contributed by atoms with Crippen molar-refractivity contribution in [2.45, 2.75) is 31.1 Å². The highest BCUT2D eigenvalue weighted by atomic mass is 32.2. The van der Waals surface area contributed by atoms with Gasteiger partial charge in [0.05, 0.1) is 18.6 Å². The number of nitrogens with zero attached hydrogens (tertiary/aromatic N) is 1. The number of carbonyl (C=O) groups excluding carboxylic acids is 1. The molecule has 1 amide bonds. The third-order valence-electron chi connectivity index (χ3n) is 5.37. The van der Waals surface area contributed by atoms with Gasteiger partial charge >= 0.3 is 0 Å². The van der Waals surface area contributed by atoms with Gasteiger partial charge in [-0.1, -0.05) is 56.3 Å². The molecule has 6 nitrogen and oxygen atoms in total. The maximum Gasteiger partial charge on any atom is 0.243 e. The lowest BCUT2D eigenvalue weighted by Gasteiger charge is -2.22. The van der Waals surface area contributed by atoms with Crippen LogP contribution in [0.1, 0.15) is 30.9 Å². The highest BCUT2D eigenvalue weighted by Crippen LogP contribution is 2.21. The van der Waals surface area contributed by atoms with Crippen molar-refractivity contribution >= 4 is 21.6 Å². The minimum atomic E-state index is -3.88. The second kappa shape index (κ2) is 11.1. The lowest BCUT2D eigenvalue weighted by Crippen LogP contribution is -2.39. The van der Waals surface area contributed by atoms with Crippen LogP contribution in [0.2, 0.25) is 0 Å². The quantitative estimate of drug-likeness (QED) is 0.470. The number of methoxy groups -OCH3 is 1. The molecule has 3 aromatic rings. The average Bonchev–Trinajstić information content (AvgIpc) is 2.82. The SMILES string of the molecule is COc1ccc(S(=O)(=O)N(CCc2ccccc2)CC(=O)Nc2ccc(C(C)C)cc2)cc1. The van der Waals surface area contributed by atoms with Crippen LogP contribution in [0, 0.1) is 0 Å². The molecular weight excluding hydrogens is 436 g/mol. The lowest BCUT2D eigenvalue weighted by molar-refractivity contribution is -0.116. The summed E-state index contributed by atoms with van der Waals surface area (Å²) in [7, 11) is -2.36.